The lowest BCUT2D eigenvalue weighted by molar-refractivity contribution is -0.123. The van der Waals surface area contributed by atoms with Gasteiger partial charge in [-0.15, -0.1) is 11.3 Å². The van der Waals surface area contributed by atoms with Crippen LogP contribution in [0, 0.1) is 5.41 Å². The first kappa shape index (κ1) is 24.5. The summed E-state index contributed by atoms with van der Waals surface area (Å²) in [5.41, 5.74) is 2.41. The molecule has 0 saturated carbocycles. The summed E-state index contributed by atoms with van der Waals surface area (Å²) in [5, 5.41) is 5.38. The summed E-state index contributed by atoms with van der Waals surface area (Å²) in [4.78, 5) is 26.0. The van der Waals surface area contributed by atoms with Crippen LogP contribution in [0.2, 0.25) is 0 Å². The fraction of sp³-hybridized carbons (Fsp3) is 0.333. The molecule has 174 valence electrons. The molecule has 2 aromatic carbocycles. The van der Waals surface area contributed by atoms with E-state index in [1.807, 2.05) is 73.8 Å². The van der Waals surface area contributed by atoms with Gasteiger partial charge >= 0.3 is 5.97 Å². The Morgan fingerprint density at radius 3 is 2.33 bits per heavy atom. The van der Waals surface area contributed by atoms with Gasteiger partial charge in [0.05, 0.1) is 13.2 Å². The van der Waals surface area contributed by atoms with Crippen molar-refractivity contribution in [3.05, 3.63) is 71.1 Å². The van der Waals surface area contributed by atoms with Gasteiger partial charge < -0.3 is 14.8 Å². The molecule has 0 spiro atoms. The lowest BCUT2D eigenvalue weighted by Gasteiger charge is -2.23. The van der Waals surface area contributed by atoms with Crippen molar-refractivity contribution >= 4 is 28.2 Å². The largest absolute Gasteiger partial charge is 0.494 e. The number of thiophene rings is 1. The van der Waals surface area contributed by atoms with Gasteiger partial charge in [0.15, 0.2) is 0 Å². The monoisotopic (exact) mass is 465 g/mol. The van der Waals surface area contributed by atoms with E-state index in [0.29, 0.717) is 23.6 Å². The number of hydrogen-bond donors (Lipinski definition) is 1. The van der Waals surface area contributed by atoms with Crippen molar-refractivity contribution in [2.45, 2.75) is 40.5 Å². The summed E-state index contributed by atoms with van der Waals surface area (Å²) in [7, 11) is 0. The molecule has 0 saturated heterocycles. The second kappa shape index (κ2) is 11.1. The molecule has 0 fully saturated rings. The van der Waals surface area contributed by atoms with Crippen molar-refractivity contribution in [1.82, 2.24) is 0 Å². The molecule has 0 aliphatic rings. The normalized spacial score (nSPS) is 11.2. The van der Waals surface area contributed by atoms with Crippen LogP contribution in [0.1, 0.15) is 50.0 Å². The van der Waals surface area contributed by atoms with Crippen LogP contribution >= 0.6 is 11.3 Å². The molecule has 1 amide bonds. The third kappa shape index (κ3) is 6.23. The topological polar surface area (TPSA) is 64.6 Å². The van der Waals surface area contributed by atoms with Crippen molar-refractivity contribution in [2.75, 3.05) is 18.5 Å². The van der Waals surface area contributed by atoms with Crippen LogP contribution in [-0.4, -0.2) is 25.1 Å². The van der Waals surface area contributed by atoms with E-state index < -0.39 is 11.4 Å². The van der Waals surface area contributed by atoms with Crippen LogP contribution in [0.5, 0.6) is 5.75 Å². The Labute approximate surface area is 199 Å². The third-order valence-electron chi connectivity index (χ3n) is 5.24. The molecule has 0 radical (unpaired) electrons. The van der Waals surface area contributed by atoms with Gasteiger partial charge in [0.25, 0.3) is 0 Å². The second-order valence-electron chi connectivity index (χ2n) is 8.45. The van der Waals surface area contributed by atoms with Gasteiger partial charge in [0, 0.05) is 16.4 Å². The van der Waals surface area contributed by atoms with Gasteiger partial charge in [0.2, 0.25) is 5.91 Å². The first-order chi connectivity index (χ1) is 15.9. The van der Waals surface area contributed by atoms with E-state index in [-0.39, 0.29) is 12.5 Å². The SMILES string of the molecule is CCCOc1ccc(-c2csc(NC(=O)C(C)(C)Cc3ccccc3)c2C(=O)OCC)cc1. The zero-order valence-corrected chi connectivity index (χ0v) is 20.5. The van der Waals surface area contributed by atoms with Crippen LogP contribution in [0.25, 0.3) is 11.1 Å². The van der Waals surface area contributed by atoms with Crippen molar-refractivity contribution in [3.8, 4) is 16.9 Å². The number of carbonyl (C=O) groups excluding carboxylic acids is 2. The lowest BCUT2D eigenvalue weighted by Crippen LogP contribution is -2.33. The van der Waals surface area contributed by atoms with E-state index >= 15 is 0 Å². The molecule has 5 nitrogen and oxygen atoms in total. The summed E-state index contributed by atoms with van der Waals surface area (Å²) in [6.07, 6.45) is 1.52. The fourth-order valence-corrected chi connectivity index (χ4v) is 4.43. The molecule has 0 atom stereocenters. The van der Waals surface area contributed by atoms with Crippen LogP contribution < -0.4 is 10.1 Å². The molecule has 0 aliphatic carbocycles. The third-order valence-corrected chi connectivity index (χ3v) is 6.13. The number of benzene rings is 2. The Morgan fingerprint density at radius 1 is 1.00 bits per heavy atom. The summed E-state index contributed by atoms with van der Waals surface area (Å²) in [6.45, 7) is 8.55. The van der Waals surface area contributed by atoms with E-state index in [1.54, 1.807) is 6.92 Å². The Hall–Kier alpha value is -3.12. The minimum Gasteiger partial charge on any atom is -0.494 e. The minimum atomic E-state index is -0.657. The van der Waals surface area contributed by atoms with Crippen LogP contribution in [0.15, 0.2) is 60.0 Å². The number of hydrogen-bond acceptors (Lipinski definition) is 5. The smallest absolute Gasteiger partial charge is 0.341 e. The standard InChI is InChI=1S/C27H31NO4S/c1-5-16-32-21-14-12-20(13-15-21)22-18-33-24(23(22)25(29)31-6-2)28-26(30)27(3,4)17-19-10-8-7-9-11-19/h7-15,18H,5-6,16-17H2,1-4H3,(H,28,30). The van der Waals surface area contributed by atoms with Crippen molar-refractivity contribution in [3.63, 3.8) is 0 Å². The highest BCUT2D eigenvalue weighted by Gasteiger charge is 2.31. The molecule has 3 rings (SSSR count). The zero-order chi connectivity index (χ0) is 23.8. The van der Waals surface area contributed by atoms with Gasteiger partial charge in [-0.25, -0.2) is 4.79 Å². The molecule has 0 unspecified atom stereocenters. The van der Waals surface area contributed by atoms with Crippen molar-refractivity contribution in [2.24, 2.45) is 5.41 Å². The number of esters is 1. The van der Waals surface area contributed by atoms with E-state index in [9.17, 15) is 9.59 Å². The second-order valence-corrected chi connectivity index (χ2v) is 9.33. The van der Waals surface area contributed by atoms with Gasteiger partial charge in [-0.1, -0.05) is 63.2 Å². The Kier molecular flexibility index (Phi) is 8.28. The summed E-state index contributed by atoms with van der Waals surface area (Å²) >= 11 is 1.33. The number of anilines is 1. The predicted octanol–water partition coefficient (Wildman–Crippen LogP) is 6.59. The summed E-state index contributed by atoms with van der Waals surface area (Å²) in [6, 6.07) is 17.5. The quantitative estimate of drug-likeness (QED) is 0.343. The molecule has 33 heavy (non-hydrogen) atoms. The molecule has 3 aromatic rings. The maximum absolute atomic E-state index is 13.2. The Morgan fingerprint density at radius 2 is 1.70 bits per heavy atom. The molecule has 1 aromatic heterocycles. The molecular formula is C27H31NO4S. The minimum absolute atomic E-state index is 0.145. The number of nitrogens with one attached hydrogen (secondary N) is 1. The highest BCUT2D eigenvalue weighted by molar-refractivity contribution is 7.15. The average molecular weight is 466 g/mol. The summed E-state index contributed by atoms with van der Waals surface area (Å²) < 4.78 is 11.0. The average Bonchev–Trinajstić information content (AvgIpc) is 3.22. The van der Waals surface area contributed by atoms with Gasteiger partial charge in [-0.3, -0.25) is 4.79 Å². The van der Waals surface area contributed by atoms with Crippen LogP contribution in [-0.2, 0) is 16.0 Å². The Balaban J connectivity index is 1.87. The van der Waals surface area contributed by atoms with Crippen molar-refractivity contribution < 1.29 is 19.1 Å². The predicted molar refractivity (Wildman–Crippen MR) is 134 cm³/mol. The molecule has 1 N–H and O–H groups in total. The zero-order valence-electron chi connectivity index (χ0n) is 19.6. The number of carbonyl (C=O) groups is 2. The van der Waals surface area contributed by atoms with Gasteiger partial charge in [-0.2, -0.15) is 0 Å². The maximum Gasteiger partial charge on any atom is 0.341 e. The highest BCUT2D eigenvalue weighted by Crippen LogP contribution is 2.38. The van der Waals surface area contributed by atoms with Crippen LogP contribution in [0.3, 0.4) is 0 Å². The van der Waals surface area contributed by atoms with E-state index in [0.717, 1.165) is 28.9 Å². The van der Waals surface area contributed by atoms with Gasteiger partial charge in [0.1, 0.15) is 16.3 Å². The molecule has 0 bridgehead atoms. The molecule has 6 heteroatoms. The molecule has 1 heterocycles. The summed E-state index contributed by atoms with van der Waals surface area (Å²) in [5.74, 6) is 0.189. The fourth-order valence-electron chi connectivity index (χ4n) is 3.48. The number of amides is 1. The van der Waals surface area contributed by atoms with Crippen molar-refractivity contribution in [1.29, 1.82) is 0 Å². The highest BCUT2D eigenvalue weighted by atomic mass is 32.1. The lowest BCUT2D eigenvalue weighted by atomic mass is 9.85. The number of ether oxygens (including phenoxy) is 2. The van der Waals surface area contributed by atoms with E-state index in [2.05, 4.69) is 12.2 Å². The number of rotatable bonds is 10. The van der Waals surface area contributed by atoms with Crippen LogP contribution in [0.4, 0.5) is 5.00 Å². The first-order valence-electron chi connectivity index (χ1n) is 11.2. The maximum atomic E-state index is 13.2. The Bertz CT molecular complexity index is 1070. The first-order valence-corrected chi connectivity index (χ1v) is 12.1. The molecular weight excluding hydrogens is 434 g/mol. The molecule has 0 aliphatic heterocycles. The van der Waals surface area contributed by atoms with E-state index in [4.69, 9.17) is 9.47 Å². The van der Waals surface area contributed by atoms with Gasteiger partial charge in [-0.05, 0) is 43.0 Å². The van der Waals surface area contributed by atoms with E-state index in [1.165, 1.54) is 11.3 Å².